The average molecular weight is 210 g/mol. The number of hydrogen-bond donors (Lipinski definition) is 2. The number of nitrogens with one attached hydrogen (secondary N) is 1. The molecule has 0 radical (unpaired) electrons. The van der Waals surface area contributed by atoms with Crippen molar-refractivity contribution in [1.82, 2.24) is 20.3 Å². The van der Waals surface area contributed by atoms with Crippen LogP contribution in [0.15, 0.2) is 6.20 Å². The molecule has 0 aromatic carbocycles. The molecule has 0 unspecified atom stereocenters. The molecule has 0 bridgehead atoms. The molecule has 1 aliphatic rings. The van der Waals surface area contributed by atoms with E-state index >= 15 is 0 Å². The summed E-state index contributed by atoms with van der Waals surface area (Å²) in [5, 5.41) is 20.2. The maximum Gasteiger partial charge on any atom is 0.0849 e. The molecule has 1 aromatic rings. The van der Waals surface area contributed by atoms with E-state index < -0.39 is 0 Å². The largest absolute Gasteiger partial charge is 0.396 e. The highest BCUT2D eigenvalue weighted by Crippen LogP contribution is 2.11. The van der Waals surface area contributed by atoms with Crippen molar-refractivity contribution in [1.29, 1.82) is 0 Å². The summed E-state index contributed by atoms with van der Waals surface area (Å²) in [5.41, 5.74) is 0.876. The van der Waals surface area contributed by atoms with E-state index in [1.165, 1.54) is 12.8 Å². The van der Waals surface area contributed by atoms with Crippen LogP contribution < -0.4 is 5.32 Å². The molecule has 5 heteroatoms. The minimum Gasteiger partial charge on any atom is -0.396 e. The summed E-state index contributed by atoms with van der Waals surface area (Å²) in [4.78, 5) is 0. The van der Waals surface area contributed by atoms with Crippen molar-refractivity contribution in [2.75, 3.05) is 19.7 Å². The number of aliphatic hydroxyl groups excluding tert-OH is 1. The molecule has 15 heavy (non-hydrogen) atoms. The minimum absolute atomic E-state index is 0.143. The Labute approximate surface area is 89.5 Å². The van der Waals surface area contributed by atoms with Crippen LogP contribution in [-0.4, -0.2) is 39.8 Å². The summed E-state index contributed by atoms with van der Waals surface area (Å²) in [6.45, 7) is 3.30. The van der Waals surface area contributed by atoms with Gasteiger partial charge in [-0.25, -0.2) is 0 Å². The lowest BCUT2D eigenvalue weighted by molar-refractivity contribution is 0.298. The zero-order chi connectivity index (χ0) is 10.5. The molecule has 2 rings (SSSR count). The first-order chi connectivity index (χ1) is 7.38. The summed E-state index contributed by atoms with van der Waals surface area (Å²) in [5.74, 6) is 0.669. The molecule has 1 saturated heterocycles. The highest BCUT2D eigenvalue weighted by Gasteiger charge is 2.14. The van der Waals surface area contributed by atoms with Crippen LogP contribution in [0.25, 0.3) is 0 Å². The summed E-state index contributed by atoms with van der Waals surface area (Å²) >= 11 is 0. The van der Waals surface area contributed by atoms with E-state index in [1.807, 2.05) is 10.9 Å². The quantitative estimate of drug-likeness (QED) is 0.723. The lowest BCUT2D eigenvalue weighted by Gasteiger charge is -2.22. The summed E-state index contributed by atoms with van der Waals surface area (Å²) in [6, 6.07) is 0. The first-order valence-corrected chi connectivity index (χ1v) is 5.59. The molecule has 1 fully saturated rings. The predicted octanol–water partition coefficient (Wildman–Crippen LogP) is -0.188. The van der Waals surface area contributed by atoms with Crippen LogP contribution in [0, 0.1) is 5.92 Å². The van der Waals surface area contributed by atoms with Crippen LogP contribution in [0.5, 0.6) is 0 Å². The smallest absolute Gasteiger partial charge is 0.0849 e. The highest BCUT2D eigenvalue weighted by molar-refractivity contribution is 4.92. The molecule has 1 aliphatic heterocycles. The molecule has 0 amide bonds. The molecule has 5 nitrogen and oxygen atoms in total. The van der Waals surface area contributed by atoms with Gasteiger partial charge in [0.1, 0.15) is 0 Å². The van der Waals surface area contributed by atoms with E-state index in [4.69, 9.17) is 5.11 Å². The fourth-order valence-corrected chi connectivity index (χ4v) is 2.00. The van der Waals surface area contributed by atoms with Gasteiger partial charge in [-0.2, -0.15) is 0 Å². The third kappa shape index (κ3) is 3.00. The summed E-state index contributed by atoms with van der Waals surface area (Å²) in [7, 11) is 0. The average Bonchev–Trinajstić information content (AvgIpc) is 2.68. The molecule has 1 aromatic heterocycles. The lowest BCUT2D eigenvalue weighted by Crippen LogP contribution is -2.32. The van der Waals surface area contributed by atoms with E-state index in [0.29, 0.717) is 12.3 Å². The molecule has 1 atom stereocenters. The zero-order valence-electron chi connectivity index (χ0n) is 8.89. The van der Waals surface area contributed by atoms with Gasteiger partial charge in [0.2, 0.25) is 0 Å². The van der Waals surface area contributed by atoms with Crippen LogP contribution in [-0.2, 0) is 13.0 Å². The molecule has 0 aliphatic carbocycles. The normalized spacial score (nSPS) is 21.8. The Bertz CT molecular complexity index is 293. The maximum atomic E-state index is 8.76. The van der Waals surface area contributed by atoms with E-state index in [1.54, 1.807) is 0 Å². The Morgan fingerprint density at radius 1 is 1.60 bits per heavy atom. The topological polar surface area (TPSA) is 63.0 Å². The first-order valence-electron chi connectivity index (χ1n) is 5.59. The summed E-state index contributed by atoms with van der Waals surface area (Å²) in [6.07, 6.45) is 5.05. The van der Waals surface area contributed by atoms with Gasteiger partial charge in [-0.15, -0.1) is 5.10 Å². The highest BCUT2D eigenvalue weighted by atomic mass is 16.3. The van der Waals surface area contributed by atoms with Gasteiger partial charge in [-0.3, -0.25) is 4.68 Å². The monoisotopic (exact) mass is 210 g/mol. The predicted molar refractivity (Wildman–Crippen MR) is 56.4 cm³/mol. The Morgan fingerprint density at radius 3 is 3.27 bits per heavy atom. The standard InChI is InChI=1S/C10H18N4O/c15-5-3-10-8-14(13-12-10)7-9-2-1-4-11-6-9/h8-9,11,15H,1-7H2/t9-/m1/s1. The van der Waals surface area contributed by atoms with Crippen LogP contribution in [0.2, 0.25) is 0 Å². The fraction of sp³-hybridized carbons (Fsp3) is 0.800. The second-order valence-corrected chi connectivity index (χ2v) is 4.12. The molecule has 2 heterocycles. The lowest BCUT2D eigenvalue weighted by atomic mass is 10.00. The maximum absolute atomic E-state index is 8.76. The van der Waals surface area contributed by atoms with Crippen molar-refractivity contribution in [3.63, 3.8) is 0 Å². The molecular formula is C10H18N4O. The third-order valence-corrected chi connectivity index (χ3v) is 2.80. The van der Waals surface area contributed by atoms with E-state index in [2.05, 4.69) is 15.6 Å². The second kappa shape index (κ2) is 5.23. The molecular weight excluding hydrogens is 192 g/mol. The minimum atomic E-state index is 0.143. The van der Waals surface area contributed by atoms with Crippen molar-refractivity contribution in [3.05, 3.63) is 11.9 Å². The first kappa shape index (κ1) is 10.6. The van der Waals surface area contributed by atoms with Gasteiger partial charge < -0.3 is 10.4 Å². The van der Waals surface area contributed by atoms with Gasteiger partial charge >= 0.3 is 0 Å². The van der Waals surface area contributed by atoms with Crippen molar-refractivity contribution >= 4 is 0 Å². The molecule has 0 spiro atoms. The Morgan fingerprint density at radius 2 is 2.53 bits per heavy atom. The summed E-state index contributed by atoms with van der Waals surface area (Å²) < 4.78 is 1.89. The third-order valence-electron chi connectivity index (χ3n) is 2.80. The Balaban J connectivity index is 1.86. The van der Waals surface area contributed by atoms with Crippen molar-refractivity contribution in [3.8, 4) is 0 Å². The zero-order valence-corrected chi connectivity index (χ0v) is 8.89. The van der Waals surface area contributed by atoms with Crippen LogP contribution >= 0.6 is 0 Å². The number of aliphatic hydroxyl groups is 1. The van der Waals surface area contributed by atoms with Gasteiger partial charge in [-0.05, 0) is 31.8 Å². The number of piperidine rings is 1. The molecule has 84 valence electrons. The fourth-order valence-electron chi connectivity index (χ4n) is 2.00. The van der Waals surface area contributed by atoms with Gasteiger partial charge in [0.15, 0.2) is 0 Å². The van der Waals surface area contributed by atoms with Gasteiger partial charge in [0.05, 0.1) is 5.69 Å². The number of nitrogens with zero attached hydrogens (tertiary/aromatic N) is 3. The van der Waals surface area contributed by atoms with E-state index in [0.717, 1.165) is 25.3 Å². The Kier molecular flexibility index (Phi) is 3.69. The van der Waals surface area contributed by atoms with Gasteiger partial charge in [0, 0.05) is 25.8 Å². The van der Waals surface area contributed by atoms with Crippen LogP contribution in [0.4, 0.5) is 0 Å². The van der Waals surface area contributed by atoms with E-state index in [9.17, 15) is 0 Å². The van der Waals surface area contributed by atoms with Crippen molar-refractivity contribution in [2.45, 2.75) is 25.8 Å². The molecule has 0 saturated carbocycles. The second-order valence-electron chi connectivity index (χ2n) is 4.12. The van der Waals surface area contributed by atoms with E-state index in [-0.39, 0.29) is 6.61 Å². The number of rotatable bonds is 4. The van der Waals surface area contributed by atoms with Gasteiger partial charge in [-0.1, -0.05) is 5.21 Å². The number of hydrogen-bond acceptors (Lipinski definition) is 4. The van der Waals surface area contributed by atoms with Crippen molar-refractivity contribution < 1.29 is 5.11 Å². The van der Waals surface area contributed by atoms with Crippen molar-refractivity contribution in [2.24, 2.45) is 5.92 Å². The SMILES string of the molecule is OCCc1cn(C[C@@H]2CCCNC2)nn1. The Hall–Kier alpha value is -0.940. The van der Waals surface area contributed by atoms with Crippen LogP contribution in [0.1, 0.15) is 18.5 Å². The molecule has 2 N–H and O–H groups in total. The number of aromatic nitrogens is 3. The van der Waals surface area contributed by atoms with Crippen LogP contribution in [0.3, 0.4) is 0 Å². The van der Waals surface area contributed by atoms with Gasteiger partial charge in [0.25, 0.3) is 0 Å².